The molecule has 0 spiro atoms. The first kappa shape index (κ1) is 17.4. The molecule has 0 radical (unpaired) electrons. The van der Waals surface area contributed by atoms with E-state index in [1.165, 1.54) is 0 Å². The number of benzene rings is 1. The number of thiocarbonyl (C=S) groups is 1. The Bertz CT molecular complexity index is 460. The van der Waals surface area contributed by atoms with Crippen LogP contribution in [0.2, 0.25) is 0 Å². The molecule has 116 valence electrons. The second-order valence-corrected chi connectivity index (χ2v) is 5.33. The van der Waals surface area contributed by atoms with Crippen LogP contribution in [0.25, 0.3) is 0 Å². The molecule has 0 aliphatic rings. The van der Waals surface area contributed by atoms with Crippen molar-refractivity contribution in [1.29, 1.82) is 0 Å². The summed E-state index contributed by atoms with van der Waals surface area (Å²) in [6.45, 7) is 6.96. The zero-order valence-corrected chi connectivity index (χ0v) is 13.8. The summed E-state index contributed by atoms with van der Waals surface area (Å²) in [5.41, 5.74) is 0.561. The molecule has 0 aromatic heterocycles. The molecule has 0 bridgehead atoms. The minimum Gasteiger partial charge on any atom is -0.491 e. The van der Waals surface area contributed by atoms with Crippen molar-refractivity contribution in [2.24, 2.45) is 0 Å². The Morgan fingerprint density at radius 3 is 2.52 bits per heavy atom. The molecule has 0 aliphatic heterocycles. The zero-order chi connectivity index (χ0) is 15.7. The van der Waals surface area contributed by atoms with Crippen LogP contribution in [-0.4, -0.2) is 23.7 Å². The van der Waals surface area contributed by atoms with Gasteiger partial charge in [-0.25, -0.2) is 0 Å². The van der Waals surface area contributed by atoms with E-state index in [1.807, 2.05) is 6.92 Å². The first-order valence-electron chi connectivity index (χ1n) is 7.42. The highest BCUT2D eigenvalue weighted by Crippen LogP contribution is 2.14. The molecule has 0 saturated heterocycles. The Balaban J connectivity index is 2.49. The highest BCUT2D eigenvalue weighted by atomic mass is 32.1. The predicted octanol–water partition coefficient (Wildman–Crippen LogP) is 3.27. The van der Waals surface area contributed by atoms with Gasteiger partial charge in [0, 0.05) is 12.1 Å². The third kappa shape index (κ3) is 6.58. The number of nitrogens with one attached hydrogen (secondary N) is 2. The molecule has 0 saturated carbocycles. The van der Waals surface area contributed by atoms with Crippen molar-refractivity contribution in [3.8, 4) is 5.75 Å². The molecule has 21 heavy (non-hydrogen) atoms. The molecule has 1 unspecified atom stereocenters. The van der Waals surface area contributed by atoms with Gasteiger partial charge in [0.15, 0.2) is 5.11 Å². The summed E-state index contributed by atoms with van der Waals surface area (Å²) >= 11 is 5.07. The van der Waals surface area contributed by atoms with Crippen molar-refractivity contribution < 1.29 is 9.53 Å². The molecule has 0 fully saturated rings. The summed E-state index contributed by atoms with van der Waals surface area (Å²) in [7, 11) is 0. The molecule has 2 N–H and O–H groups in total. The average molecular weight is 308 g/mol. The highest BCUT2D eigenvalue weighted by Gasteiger charge is 2.08. The Labute approximate surface area is 132 Å². The van der Waals surface area contributed by atoms with Crippen molar-refractivity contribution in [3.63, 3.8) is 0 Å². The number of carbonyl (C=O) groups excluding carboxylic acids is 1. The van der Waals surface area contributed by atoms with E-state index in [1.54, 1.807) is 24.3 Å². The summed E-state index contributed by atoms with van der Waals surface area (Å²) in [5.74, 6) is 0.559. The lowest BCUT2D eigenvalue weighted by Crippen LogP contribution is -2.39. The smallest absolute Gasteiger partial charge is 0.257 e. The van der Waals surface area contributed by atoms with Crippen LogP contribution in [0.3, 0.4) is 0 Å². The fraction of sp³-hybridized carbons (Fsp3) is 0.500. The number of amides is 1. The molecule has 5 heteroatoms. The molecule has 0 aliphatic carbocycles. The average Bonchev–Trinajstić information content (AvgIpc) is 2.48. The van der Waals surface area contributed by atoms with Crippen molar-refractivity contribution >= 4 is 23.2 Å². The first-order chi connectivity index (χ1) is 10.1. The van der Waals surface area contributed by atoms with Gasteiger partial charge in [-0.3, -0.25) is 10.1 Å². The number of ether oxygens (including phenoxy) is 1. The van der Waals surface area contributed by atoms with E-state index in [0.717, 1.165) is 31.6 Å². The number of unbranched alkanes of at least 4 members (excludes halogenated alkanes) is 1. The van der Waals surface area contributed by atoms with Gasteiger partial charge in [0.1, 0.15) is 5.75 Å². The minimum atomic E-state index is -0.209. The van der Waals surface area contributed by atoms with Crippen molar-refractivity contribution in [2.75, 3.05) is 6.54 Å². The standard InChI is InChI=1S/C16H24N2O2S/c1-4-6-11-17-16(21)18-15(19)13-7-9-14(10-8-13)20-12(3)5-2/h7-10,12H,4-6,11H2,1-3H3,(H2,17,18,19,21). The largest absolute Gasteiger partial charge is 0.491 e. The van der Waals surface area contributed by atoms with Crippen LogP contribution < -0.4 is 15.4 Å². The van der Waals surface area contributed by atoms with Crippen molar-refractivity contribution in [3.05, 3.63) is 29.8 Å². The molecular formula is C16H24N2O2S. The van der Waals surface area contributed by atoms with E-state index >= 15 is 0 Å². The van der Waals surface area contributed by atoms with Crippen LogP contribution >= 0.6 is 12.2 Å². The summed E-state index contributed by atoms with van der Waals surface area (Å²) < 4.78 is 5.67. The van der Waals surface area contributed by atoms with Crippen molar-refractivity contribution in [2.45, 2.75) is 46.1 Å². The normalized spacial score (nSPS) is 11.6. The van der Waals surface area contributed by atoms with E-state index < -0.39 is 0 Å². The molecular weight excluding hydrogens is 284 g/mol. The minimum absolute atomic E-state index is 0.167. The SMILES string of the molecule is CCCCNC(=S)NC(=O)c1ccc(OC(C)CC)cc1. The molecule has 1 atom stereocenters. The Morgan fingerprint density at radius 2 is 1.95 bits per heavy atom. The first-order valence-corrected chi connectivity index (χ1v) is 7.83. The lowest BCUT2D eigenvalue weighted by molar-refractivity contribution is 0.0976. The summed E-state index contributed by atoms with van der Waals surface area (Å²) in [6, 6.07) is 7.08. The fourth-order valence-electron chi connectivity index (χ4n) is 1.60. The van der Waals surface area contributed by atoms with Crippen LogP contribution in [0.5, 0.6) is 5.75 Å². The van der Waals surface area contributed by atoms with Gasteiger partial charge < -0.3 is 10.1 Å². The Kier molecular flexibility index (Phi) is 7.75. The molecule has 1 aromatic carbocycles. The van der Waals surface area contributed by atoms with E-state index in [2.05, 4.69) is 24.5 Å². The summed E-state index contributed by atoms with van der Waals surface area (Å²) in [6.07, 6.45) is 3.22. The van der Waals surface area contributed by atoms with Gasteiger partial charge in [-0.05, 0) is 56.2 Å². The summed E-state index contributed by atoms with van der Waals surface area (Å²) in [4.78, 5) is 12.0. The van der Waals surface area contributed by atoms with Gasteiger partial charge >= 0.3 is 0 Å². The van der Waals surface area contributed by atoms with Gasteiger partial charge in [-0.1, -0.05) is 20.3 Å². The van der Waals surface area contributed by atoms with Gasteiger partial charge in [0.25, 0.3) is 5.91 Å². The summed E-state index contributed by atoms with van der Waals surface area (Å²) in [5, 5.41) is 6.04. The van der Waals surface area contributed by atoms with E-state index in [0.29, 0.717) is 10.7 Å². The van der Waals surface area contributed by atoms with Gasteiger partial charge in [0.05, 0.1) is 6.10 Å². The molecule has 0 heterocycles. The fourth-order valence-corrected chi connectivity index (χ4v) is 1.79. The van der Waals surface area contributed by atoms with Gasteiger partial charge in [0.2, 0.25) is 0 Å². The van der Waals surface area contributed by atoms with Crippen LogP contribution in [0.15, 0.2) is 24.3 Å². The lowest BCUT2D eigenvalue weighted by Gasteiger charge is -2.13. The maximum absolute atomic E-state index is 12.0. The molecule has 1 rings (SSSR count). The maximum Gasteiger partial charge on any atom is 0.257 e. The number of hydrogen-bond donors (Lipinski definition) is 2. The monoisotopic (exact) mass is 308 g/mol. The van der Waals surface area contributed by atoms with Crippen LogP contribution in [0, 0.1) is 0 Å². The quantitative estimate of drug-likeness (QED) is 0.599. The Hall–Kier alpha value is -1.62. The van der Waals surface area contributed by atoms with Crippen molar-refractivity contribution in [1.82, 2.24) is 10.6 Å². The zero-order valence-electron chi connectivity index (χ0n) is 12.9. The highest BCUT2D eigenvalue weighted by molar-refractivity contribution is 7.80. The van der Waals surface area contributed by atoms with E-state index in [-0.39, 0.29) is 12.0 Å². The molecule has 1 amide bonds. The predicted molar refractivity (Wildman–Crippen MR) is 89.8 cm³/mol. The lowest BCUT2D eigenvalue weighted by atomic mass is 10.2. The second-order valence-electron chi connectivity index (χ2n) is 4.92. The van der Waals surface area contributed by atoms with Gasteiger partial charge in [-0.2, -0.15) is 0 Å². The number of hydrogen-bond acceptors (Lipinski definition) is 3. The Morgan fingerprint density at radius 1 is 1.29 bits per heavy atom. The number of rotatable bonds is 7. The molecule has 4 nitrogen and oxygen atoms in total. The van der Waals surface area contributed by atoms with E-state index in [9.17, 15) is 4.79 Å². The van der Waals surface area contributed by atoms with Crippen LogP contribution in [0.1, 0.15) is 50.4 Å². The molecule has 1 aromatic rings. The van der Waals surface area contributed by atoms with Gasteiger partial charge in [-0.15, -0.1) is 0 Å². The second kappa shape index (κ2) is 9.34. The van der Waals surface area contributed by atoms with Crippen LogP contribution in [0.4, 0.5) is 0 Å². The third-order valence-corrected chi connectivity index (χ3v) is 3.32. The third-order valence-electron chi connectivity index (χ3n) is 3.07. The van der Waals surface area contributed by atoms with Crippen LogP contribution in [-0.2, 0) is 0 Å². The van der Waals surface area contributed by atoms with E-state index in [4.69, 9.17) is 17.0 Å². The topological polar surface area (TPSA) is 50.4 Å². The number of carbonyl (C=O) groups is 1. The maximum atomic E-state index is 12.0.